The summed E-state index contributed by atoms with van der Waals surface area (Å²) in [5, 5.41) is 0.666. The minimum Gasteiger partial charge on any atom is -0.465 e. The normalized spacial score (nSPS) is 10.2. The Kier molecular flexibility index (Phi) is 4.65. The van der Waals surface area contributed by atoms with Crippen LogP contribution in [-0.2, 0) is 11.3 Å². The fourth-order valence-electron chi connectivity index (χ4n) is 2.02. The number of hydrogen-bond donors (Lipinski definition) is 1. The van der Waals surface area contributed by atoms with Gasteiger partial charge < -0.3 is 15.4 Å². The number of carbonyl (C=O) groups is 1. The van der Waals surface area contributed by atoms with E-state index in [2.05, 4.69) is 4.98 Å². The van der Waals surface area contributed by atoms with E-state index in [-0.39, 0.29) is 0 Å². The molecule has 0 atom stereocenters. The van der Waals surface area contributed by atoms with Crippen LogP contribution in [-0.4, -0.2) is 25.1 Å². The Labute approximate surface area is 128 Å². The summed E-state index contributed by atoms with van der Waals surface area (Å²) >= 11 is 5.97. The molecule has 2 rings (SSSR count). The van der Waals surface area contributed by atoms with Gasteiger partial charge in [-0.25, -0.2) is 9.78 Å². The Bertz CT molecular complexity index is 661. The smallest absolute Gasteiger partial charge is 0.341 e. The third kappa shape index (κ3) is 3.64. The largest absolute Gasteiger partial charge is 0.465 e. The molecule has 6 heteroatoms. The lowest BCUT2D eigenvalue weighted by Gasteiger charge is -2.20. The van der Waals surface area contributed by atoms with Crippen molar-refractivity contribution < 1.29 is 9.53 Å². The Hall–Kier alpha value is -2.27. The second kappa shape index (κ2) is 6.45. The molecule has 0 spiro atoms. The van der Waals surface area contributed by atoms with Crippen molar-refractivity contribution in [3.63, 3.8) is 0 Å². The molecule has 0 aliphatic heterocycles. The van der Waals surface area contributed by atoms with Crippen LogP contribution in [0.15, 0.2) is 36.5 Å². The quantitative estimate of drug-likeness (QED) is 0.880. The van der Waals surface area contributed by atoms with Gasteiger partial charge in [-0.05, 0) is 23.8 Å². The van der Waals surface area contributed by atoms with Crippen molar-refractivity contribution in [3.05, 3.63) is 52.7 Å². The summed E-state index contributed by atoms with van der Waals surface area (Å²) in [6, 6.07) is 9.07. The zero-order valence-corrected chi connectivity index (χ0v) is 12.6. The maximum Gasteiger partial charge on any atom is 0.341 e. The van der Waals surface area contributed by atoms with Crippen LogP contribution < -0.4 is 10.6 Å². The van der Waals surface area contributed by atoms with Crippen molar-refractivity contribution in [1.82, 2.24) is 4.98 Å². The number of pyridine rings is 1. The highest BCUT2D eigenvalue weighted by molar-refractivity contribution is 6.30. The van der Waals surface area contributed by atoms with Crippen LogP contribution in [0.25, 0.3) is 0 Å². The van der Waals surface area contributed by atoms with Gasteiger partial charge in [0.15, 0.2) is 0 Å². The average molecular weight is 306 g/mol. The summed E-state index contributed by atoms with van der Waals surface area (Å²) in [5.41, 5.74) is 7.45. The highest BCUT2D eigenvalue weighted by atomic mass is 35.5. The van der Waals surface area contributed by atoms with Crippen LogP contribution in [0.5, 0.6) is 0 Å². The zero-order valence-electron chi connectivity index (χ0n) is 11.8. The van der Waals surface area contributed by atoms with Gasteiger partial charge in [0, 0.05) is 18.6 Å². The van der Waals surface area contributed by atoms with E-state index in [9.17, 15) is 4.79 Å². The second-order valence-corrected chi connectivity index (χ2v) is 5.05. The van der Waals surface area contributed by atoms with Gasteiger partial charge in [-0.2, -0.15) is 0 Å². The fourth-order valence-corrected chi connectivity index (χ4v) is 2.24. The molecule has 5 nitrogen and oxygen atoms in total. The van der Waals surface area contributed by atoms with E-state index in [1.54, 1.807) is 6.07 Å². The molecule has 0 amide bonds. The number of benzene rings is 1. The second-order valence-electron chi connectivity index (χ2n) is 4.62. The summed E-state index contributed by atoms with van der Waals surface area (Å²) in [7, 11) is 3.16. The van der Waals surface area contributed by atoms with E-state index in [0.717, 1.165) is 5.56 Å². The molecular formula is C15H16ClN3O2. The standard InChI is InChI=1S/C15H16ClN3O2/c1-19(9-10-4-3-5-11(16)6-10)14-13(15(20)21-2)7-12(17)8-18-14/h3-8H,9,17H2,1-2H3. The first-order valence-electron chi connectivity index (χ1n) is 6.30. The van der Waals surface area contributed by atoms with Gasteiger partial charge in [0.1, 0.15) is 11.4 Å². The number of methoxy groups -OCH3 is 1. The number of aromatic nitrogens is 1. The number of nitrogen functional groups attached to an aromatic ring is 1. The number of rotatable bonds is 4. The van der Waals surface area contributed by atoms with Crippen LogP contribution >= 0.6 is 11.6 Å². The number of ether oxygens (including phenoxy) is 1. The van der Waals surface area contributed by atoms with Gasteiger partial charge in [-0.1, -0.05) is 23.7 Å². The van der Waals surface area contributed by atoms with E-state index in [1.807, 2.05) is 36.2 Å². The molecule has 0 radical (unpaired) electrons. The summed E-state index contributed by atoms with van der Waals surface area (Å²) in [4.78, 5) is 17.9. The van der Waals surface area contributed by atoms with Gasteiger partial charge in [0.25, 0.3) is 0 Å². The summed E-state index contributed by atoms with van der Waals surface area (Å²) in [5.74, 6) is 0.0405. The van der Waals surface area contributed by atoms with Crippen molar-refractivity contribution in [3.8, 4) is 0 Å². The van der Waals surface area contributed by atoms with Crippen LogP contribution in [0.2, 0.25) is 5.02 Å². The molecule has 2 N–H and O–H groups in total. The zero-order chi connectivity index (χ0) is 15.4. The molecule has 0 bridgehead atoms. The summed E-state index contributed by atoms with van der Waals surface area (Å²) in [6.07, 6.45) is 1.51. The van der Waals surface area contributed by atoms with E-state index < -0.39 is 5.97 Å². The molecule has 0 unspecified atom stereocenters. The average Bonchev–Trinajstić information content (AvgIpc) is 2.46. The SMILES string of the molecule is COC(=O)c1cc(N)cnc1N(C)Cc1cccc(Cl)c1. The van der Waals surface area contributed by atoms with Crippen molar-refractivity contribution >= 4 is 29.1 Å². The predicted molar refractivity (Wildman–Crippen MR) is 83.5 cm³/mol. The van der Waals surface area contributed by atoms with E-state index >= 15 is 0 Å². The predicted octanol–water partition coefficient (Wildman–Crippen LogP) is 2.74. The highest BCUT2D eigenvalue weighted by Gasteiger charge is 2.17. The lowest BCUT2D eigenvalue weighted by Crippen LogP contribution is -2.21. The Morgan fingerprint density at radius 2 is 2.19 bits per heavy atom. The highest BCUT2D eigenvalue weighted by Crippen LogP contribution is 2.22. The molecule has 0 aliphatic carbocycles. The number of nitrogens with two attached hydrogens (primary N) is 1. The van der Waals surface area contributed by atoms with Gasteiger partial charge in [0.2, 0.25) is 0 Å². The molecule has 0 saturated carbocycles. The first-order chi connectivity index (χ1) is 10.0. The minimum absolute atomic E-state index is 0.335. The molecule has 1 aromatic carbocycles. The number of esters is 1. The van der Waals surface area contributed by atoms with Crippen molar-refractivity contribution in [2.24, 2.45) is 0 Å². The number of anilines is 2. The molecule has 0 aliphatic rings. The van der Waals surface area contributed by atoms with Gasteiger partial charge in [-0.15, -0.1) is 0 Å². The number of carbonyl (C=O) groups excluding carboxylic acids is 1. The number of nitrogens with zero attached hydrogens (tertiary/aromatic N) is 2. The summed E-state index contributed by atoms with van der Waals surface area (Å²) in [6.45, 7) is 0.557. The van der Waals surface area contributed by atoms with Gasteiger partial charge in [0.05, 0.1) is 19.0 Å². The molecule has 110 valence electrons. The Balaban J connectivity index is 2.30. The monoisotopic (exact) mass is 305 g/mol. The third-order valence-electron chi connectivity index (χ3n) is 2.96. The van der Waals surface area contributed by atoms with Crippen molar-refractivity contribution in [2.45, 2.75) is 6.54 Å². The van der Waals surface area contributed by atoms with Gasteiger partial charge >= 0.3 is 5.97 Å². The molecular weight excluding hydrogens is 290 g/mol. The topological polar surface area (TPSA) is 68.5 Å². The number of halogens is 1. The molecule has 2 aromatic rings. The van der Waals surface area contributed by atoms with Crippen LogP contribution in [0.4, 0.5) is 11.5 Å². The maximum atomic E-state index is 11.8. The maximum absolute atomic E-state index is 11.8. The first-order valence-corrected chi connectivity index (χ1v) is 6.68. The third-order valence-corrected chi connectivity index (χ3v) is 3.20. The molecule has 1 aromatic heterocycles. The fraction of sp³-hybridized carbons (Fsp3) is 0.200. The molecule has 21 heavy (non-hydrogen) atoms. The molecule has 1 heterocycles. The molecule has 0 saturated heterocycles. The first kappa shape index (κ1) is 15.1. The lowest BCUT2D eigenvalue weighted by atomic mass is 10.2. The van der Waals surface area contributed by atoms with Crippen molar-refractivity contribution in [2.75, 3.05) is 24.8 Å². The Morgan fingerprint density at radius 3 is 2.86 bits per heavy atom. The Morgan fingerprint density at radius 1 is 1.43 bits per heavy atom. The van der Waals surface area contributed by atoms with E-state index in [4.69, 9.17) is 22.1 Å². The number of hydrogen-bond acceptors (Lipinski definition) is 5. The van der Waals surface area contributed by atoms with Gasteiger partial charge in [-0.3, -0.25) is 0 Å². The minimum atomic E-state index is -0.470. The van der Waals surface area contributed by atoms with Crippen LogP contribution in [0.3, 0.4) is 0 Å². The summed E-state index contributed by atoms with van der Waals surface area (Å²) < 4.78 is 4.77. The van der Waals surface area contributed by atoms with Crippen molar-refractivity contribution in [1.29, 1.82) is 0 Å². The lowest BCUT2D eigenvalue weighted by molar-refractivity contribution is 0.0601. The van der Waals surface area contributed by atoms with Crippen LogP contribution in [0, 0.1) is 0 Å². The van der Waals surface area contributed by atoms with Crippen LogP contribution in [0.1, 0.15) is 15.9 Å². The van der Waals surface area contributed by atoms with E-state index in [0.29, 0.717) is 28.6 Å². The van der Waals surface area contributed by atoms with E-state index in [1.165, 1.54) is 13.3 Å². The molecule has 0 fully saturated rings.